The highest BCUT2D eigenvalue weighted by Crippen LogP contribution is 2.26. The first-order chi connectivity index (χ1) is 15.8. The Morgan fingerprint density at radius 2 is 1.64 bits per heavy atom. The summed E-state index contributed by atoms with van der Waals surface area (Å²) >= 11 is 0. The van der Waals surface area contributed by atoms with E-state index in [2.05, 4.69) is 15.9 Å². The largest absolute Gasteiger partial charge is 0.378 e. The Bertz CT molecular complexity index is 1150. The number of sulfonamides is 1. The minimum absolute atomic E-state index is 0.00736. The van der Waals surface area contributed by atoms with E-state index in [-0.39, 0.29) is 17.2 Å². The van der Waals surface area contributed by atoms with Crippen LogP contribution in [0, 0.1) is 11.3 Å². The summed E-state index contributed by atoms with van der Waals surface area (Å²) in [6.07, 6.45) is 0.104. The number of nitrogens with two attached hydrogens (primary N) is 1. The molecule has 2 aromatic rings. The summed E-state index contributed by atoms with van der Waals surface area (Å²) < 4.78 is 29.2. The van der Waals surface area contributed by atoms with Gasteiger partial charge in [0.15, 0.2) is 0 Å². The molecule has 2 heterocycles. The molecule has 0 bridgehead atoms. The number of rotatable bonds is 5. The number of anilines is 2. The van der Waals surface area contributed by atoms with Crippen molar-refractivity contribution in [2.45, 2.75) is 11.3 Å². The van der Waals surface area contributed by atoms with Crippen molar-refractivity contribution in [3.8, 4) is 6.07 Å². The van der Waals surface area contributed by atoms with Crippen LogP contribution in [0.5, 0.6) is 0 Å². The van der Waals surface area contributed by atoms with Crippen molar-refractivity contribution in [2.24, 2.45) is 5.14 Å². The highest BCUT2D eigenvalue weighted by molar-refractivity contribution is 7.89. The van der Waals surface area contributed by atoms with Crippen LogP contribution in [-0.4, -0.2) is 71.7 Å². The van der Waals surface area contributed by atoms with Crippen LogP contribution in [0.2, 0.25) is 0 Å². The van der Waals surface area contributed by atoms with Gasteiger partial charge in [0.2, 0.25) is 15.9 Å². The molecule has 2 saturated heterocycles. The van der Waals surface area contributed by atoms with Gasteiger partial charge in [-0.1, -0.05) is 0 Å². The van der Waals surface area contributed by atoms with Crippen LogP contribution >= 0.6 is 0 Å². The molecule has 1 amide bonds. The molecule has 2 aromatic carbocycles. The smallest absolute Gasteiger partial charge is 0.238 e. The first kappa shape index (κ1) is 23.0. The fraction of sp³-hybridized carbons (Fsp3) is 0.391. The van der Waals surface area contributed by atoms with E-state index in [0.29, 0.717) is 63.6 Å². The molecule has 0 saturated carbocycles. The predicted molar refractivity (Wildman–Crippen MR) is 125 cm³/mol. The van der Waals surface area contributed by atoms with Gasteiger partial charge in [0.1, 0.15) is 0 Å². The topological polar surface area (TPSA) is 120 Å². The average molecular weight is 470 g/mol. The quantitative estimate of drug-likeness (QED) is 0.692. The fourth-order valence-corrected chi connectivity index (χ4v) is 4.79. The standard InChI is InChI=1S/C23H27N5O4S/c24-17-18-1-3-20(4-2-18)26-7-9-28(10-8-26)23(29)16-19-15-21(33(25,30)31)5-6-22(19)27-11-13-32-14-12-27/h1-6,15H,7-14,16H2,(H2,25,30,31). The van der Waals surface area contributed by atoms with Gasteiger partial charge < -0.3 is 19.4 Å². The zero-order valence-electron chi connectivity index (χ0n) is 18.3. The number of benzene rings is 2. The number of primary sulfonamides is 1. The number of hydrogen-bond donors (Lipinski definition) is 1. The van der Waals surface area contributed by atoms with Crippen LogP contribution in [0.15, 0.2) is 47.4 Å². The number of carbonyl (C=O) groups is 1. The maximum Gasteiger partial charge on any atom is 0.238 e. The summed E-state index contributed by atoms with van der Waals surface area (Å²) in [5.74, 6) is -0.0458. The van der Waals surface area contributed by atoms with Crippen molar-refractivity contribution in [3.63, 3.8) is 0 Å². The molecule has 0 spiro atoms. The van der Waals surface area contributed by atoms with E-state index in [9.17, 15) is 13.2 Å². The van der Waals surface area contributed by atoms with Gasteiger partial charge in [-0.3, -0.25) is 4.79 Å². The first-order valence-electron chi connectivity index (χ1n) is 10.9. The molecule has 33 heavy (non-hydrogen) atoms. The molecule has 4 rings (SSSR count). The lowest BCUT2D eigenvalue weighted by Crippen LogP contribution is -2.49. The van der Waals surface area contributed by atoms with Crippen LogP contribution in [0.3, 0.4) is 0 Å². The number of carbonyl (C=O) groups excluding carboxylic acids is 1. The van der Waals surface area contributed by atoms with Crippen molar-refractivity contribution < 1.29 is 17.9 Å². The highest BCUT2D eigenvalue weighted by Gasteiger charge is 2.24. The molecule has 0 atom stereocenters. The lowest BCUT2D eigenvalue weighted by Gasteiger charge is -2.36. The lowest BCUT2D eigenvalue weighted by atomic mass is 10.1. The molecule has 0 aliphatic carbocycles. The van der Waals surface area contributed by atoms with Gasteiger partial charge in [-0.2, -0.15) is 5.26 Å². The number of morpholine rings is 1. The minimum Gasteiger partial charge on any atom is -0.378 e. The summed E-state index contributed by atoms with van der Waals surface area (Å²) in [4.78, 5) is 19.3. The molecule has 0 aromatic heterocycles. The SMILES string of the molecule is N#Cc1ccc(N2CCN(C(=O)Cc3cc(S(N)(=O)=O)ccc3N3CCOCC3)CC2)cc1. The van der Waals surface area contributed by atoms with E-state index < -0.39 is 10.0 Å². The van der Waals surface area contributed by atoms with Crippen molar-refractivity contribution >= 4 is 27.3 Å². The number of hydrogen-bond acceptors (Lipinski definition) is 7. The Balaban J connectivity index is 1.46. The maximum atomic E-state index is 13.1. The molecule has 10 heteroatoms. The second-order valence-corrected chi connectivity index (χ2v) is 9.70. The molecule has 9 nitrogen and oxygen atoms in total. The summed E-state index contributed by atoms with van der Waals surface area (Å²) in [5.41, 5.74) is 3.14. The maximum absolute atomic E-state index is 13.1. The van der Waals surface area contributed by atoms with Crippen LogP contribution in [0.1, 0.15) is 11.1 Å². The minimum atomic E-state index is -3.87. The van der Waals surface area contributed by atoms with Gasteiger partial charge in [-0.25, -0.2) is 13.6 Å². The second-order valence-electron chi connectivity index (χ2n) is 8.14. The molecule has 0 unspecified atom stereocenters. The highest BCUT2D eigenvalue weighted by atomic mass is 32.2. The number of nitriles is 1. The summed E-state index contributed by atoms with van der Waals surface area (Å²) in [7, 11) is -3.87. The third kappa shape index (κ3) is 5.45. The van der Waals surface area contributed by atoms with Crippen molar-refractivity contribution in [2.75, 3.05) is 62.3 Å². The summed E-state index contributed by atoms with van der Waals surface area (Å²) in [6.45, 7) is 5.04. The van der Waals surface area contributed by atoms with Crippen LogP contribution in [-0.2, 0) is 26.0 Å². The zero-order valence-corrected chi connectivity index (χ0v) is 19.1. The van der Waals surface area contributed by atoms with Gasteiger partial charge in [0.25, 0.3) is 0 Å². The van der Waals surface area contributed by atoms with E-state index >= 15 is 0 Å². The first-order valence-corrected chi connectivity index (χ1v) is 12.4. The molecule has 174 valence electrons. The Morgan fingerprint density at radius 3 is 2.24 bits per heavy atom. The summed E-state index contributed by atoms with van der Waals surface area (Å²) in [6, 6.07) is 14.3. The van der Waals surface area contributed by atoms with E-state index in [1.165, 1.54) is 12.1 Å². The second kappa shape index (κ2) is 9.79. The van der Waals surface area contributed by atoms with Crippen molar-refractivity contribution in [1.82, 2.24) is 4.90 Å². The van der Waals surface area contributed by atoms with Gasteiger partial charge in [-0.05, 0) is 48.0 Å². The number of piperazine rings is 1. The number of nitrogens with zero attached hydrogens (tertiary/aromatic N) is 4. The van der Waals surface area contributed by atoms with E-state index in [4.69, 9.17) is 15.1 Å². The third-order valence-electron chi connectivity index (χ3n) is 6.07. The van der Waals surface area contributed by atoms with E-state index in [1.807, 2.05) is 17.0 Å². The van der Waals surface area contributed by atoms with Gasteiger partial charge >= 0.3 is 0 Å². The Hall–Kier alpha value is -3.13. The third-order valence-corrected chi connectivity index (χ3v) is 6.98. The lowest BCUT2D eigenvalue weighted by molar-refractivity contribution is -0.130. The van der Waals surface area contributed by atoms with Crippen molar-refractivity contribution in [1.29, 1.82) is 5.26 Å². The van der Waals surface area contributed by atoms with Gasteiger partial charge in [0.05, 0.1) is 36.2 Å². The van der Waals surface area contributed by atoms with E-state index in [0.717, 1.165) is 11.4 Å². The molecular weight excluding hydrogens is 442 g/mol. The molecule has 2 aliphatic rings. The fourth-order valence-electron chi connectivity index (χ4n) is 4.23. The van der Waals surface area contributed by atoms with Gasteiger partial charge in [0, 0.05) is 50.6 Å². The molecule has 2 N–H and O–H groups in total. The van der Waals surface area contributed by atoms with Crippen LogP contribution < -0.4 is 14.9 Å². The monoisotopic (exact) mass is 469 g/mol. The normalized spacial score (nSPS) is 17.0. The van der Waals surface area contributed by atoms with E-state index in [1.54, 1.807) is 18.2 Å². The summed E-state index contributed by atoms with van der Waals surface area (Å²) in [5, 5.41) is 14.3. The average Bonchev–Trinajstić information content (AvgIpc) is 2.84. The zero-order chi connectivity index (χ0) is 23.4. The van der Waals surface area contributed by atoms with Crippen LogP contribution in [0.4, 0.5) is 11.4 Å². The molecule has 2 aliphatic heterocycles. The van der Waals surface area contributed by atoms with Gasteiger partial charge in [-0.15, -0.1) is 0 Å². The predicted octanol–water partition coefficient (Wildman–Crippen LogP) is 0.934. The Labute approximate surface area is 194 Å². The molecule has 2 fully saturated rings. The molecular formula is C23H27N5O4S. The molecule has 0 radical (unpaired) electrons. The van der Waals surface area contributed by atoms with Crippen LogP contribution in [0.25, 0.3) is 0 Å². The Kier molecular flexibility index (Phi) is 6.83. The van der Waals surface area contributed by atoms with Crippen molar-refractivity contribution in [3.05, 3.63) is 53.6 Å². The Morgan fingerprint density at radius 1 is 0.970 bits per heavy atom. The number of ether oxygens (including phenoxy) is 1. The number of amides is 1.